The number of carboxylic acids is 1. The monoisotopic (exact) mass is 230 g/mol. The topological polar surface area (TPSA) is 71.7 Å². The molecule has 86 valence electrons. The Kier molecular flexibility index (Phi) is 2.01. The van der Waals surface area contributed by atoms with Gasteiger partial charge < -0.3 is 5.11 Å². The minimum atomic E-state index is -1.04. The van der Waals surface area contributed by atoms with Crippen molar-refractivity contribution in [2.75, 3.05) is 0 Å². The van der Waals surface area contributed by atoms with E-state index in [1.165, 1.54) is 16.7 Å². The summed E-state index contributed by atoms with van der Waals surface area (Å²) in [6, 6.07) is 3.04. The Bertz CT molecular complexity index is 688. The van der Waals surface area contributed by atoms with Gasteiger partial charge in [0.15, 0.2) is 0 Å². The fourth-order valence-corrected chi connectivity index (χ4v) is 2.24. The maximum Gasteiger partial charge on any atom is 0.337 e. The molecule has 1 aliphatic carbocycles. The second-order valence-electron chi connectivity index (χ2n) is 4.15. The molecule has 0 radical (unpaired) electrons. The van der Waals surface area contributed by atoms with Gasteiger partial charge >= 0.3 is 5.97 Å². The van der Waals surface area contributed by atoms with Crippen LogP contribution in [0.5, 0.6) is 0 Å². The van der Waals surface area contributed by atoms with E-state index in [2.05, 4.69) is 4.98 Å². The standard InChI is InChI=1S/C12H10N2O3/c15-11-8-2-1-3-9(8)13-10-5-4-7(12(16)17)6-14(10)11/h4-6H,1-3H2,(H,16,17). The molecule has 0 aliphatic heterocycles. The first kappa shape index (κ1) is 10.0. The number of aromatic carboxylic acids is 1. The highest BCUT2D eigenvalue weighted by Gasteiger charge is 2.18. The van der Waals surface area contributed by atoms with Crippen LogP contribution in [0.1, 0.15) is 28.0 Å². The van der Waals surface area contributed by atoms with Gasteiger partial charge in [-0.05, 0) is 31.4 Å². The van der Waals surface area contributed by atoms with Gasteiger partial charge in [-0.25, -0.2) is 9.78 Å². The van der Waals surface area contributed by atoms with E-state index in [9.17, 15) is 9.59 Å². The number of hydrogen-bond acceptors (Lipinski definition) is 3. The molecule has 0 saturated carbocycles. The van der Waals surface area contributed by atoms with Gasteiger partial charge in [-0.2, -0.15) is 0 Å². The first-order valence-electron chi connectivity index (χ1n) is 5.44. The summed E-state index contributed by atoms with van der Waals surface area (Å²) < 4.78 is 1.33. The number of aromatic nitrogens is 2. The lowest BCUT2D eigenvalue weighted by Gasteiger charge is -2.04. The Morgan fingerprint density at radius 2 is 2.18 bits per heavy atom. The SMILES string of the molecule is O=C(O)c1ccc2nc3c(c(=O)n2c1)CCC3. The first-order valence-corrected chi connectivity index (χ1v) is 5.44. The molecular formula is C12H10N2O3. The van der Waals surface area contributed by atoms with Crippen molar-refractivity contribution in [2.24, 2.45) is 0 Å². The highest BCUT2D eigenvalue weighted by atomic mass is 16.4. The molecule has 0 amide bonds. The molecule has 0 atom stereocenters. The molecule has 1 N–H and O–H groups in total. The average molecular weight is 230 g/mol. The van der Waals surface area contributed by atoms with Gasteiger partial charge in [0.2, 0.25) is 0 Å². The number of carboxylic acid groups (broad SMARTS) is 1. The molecule has 0 unspecified atom stereocenters. The summed E-state index contributed by atoms with van der Waals surface area (Å²) in [5.41, 5.74) is 2.06. The zero-order valence-corrected chi connectivity index (χ0v) is 9.01. The maximum atomic E-state index is 12.1. The lowest BCUT2D eigenvalue weighted by atomic mass is 10.2. The van der Waals surface area contributed by atoms with Gasteiger partial charge in [0, 0.05) is 11.8 Å². The number of fused-ring (bicyclic) bond motifs is 2. The number of nitrogens with zero attached hydrogens (tertiary/aromatic N) is 2. The van der Waals surface area contributed by atoms with E-state index in [-0.39, 0.29) is 11.1 Å². The van der Waals surface area contributed by atoms with Gasteiger partial charge in [-0.3, -0.25) is 9.20 Å². The van der Waals surface area contributed by atoms with Crippen LogP contribution in [0.4, 0.5) is 0 Å². The van der Waals surface area contributed by atoms with Crippen molar-refractivity contribution in [2.45, 2.75) is 19.3 Å². The van der Waals surface area contributed by atoms with Crippen LogP contribution < -0.4 is 5.56 Å². The Labute approximate surface area is 96.4 Å². The van der Waals surface area contributed by atoms with Gasteiger partial charge in [0.25, 0.3) is 5.56 Å². The van der Waals surface area contributed by atoms with E-state index in [1.807, 2.05) is 0 Å². The van der Waals surface area contributed by atoms with Crippen molar-refractivity contribution in [1.82, 2.24) is 9.38 Å². The number of aryl methyl sites for hydroxylation is 1. The summed E-state index contributed by atoms with van der Waals surface area (Å²) >= 11 is 0. The third-order valence-corrected chi connectivity index (χ3v) is 3.09. The predicted molar refractivity (Wildman–Crippen MR) is 60.4 cm³/mol. The zero-order valence-electron chi connectivity index (χ0n) is 9.01. The molecule has 0 saturated heterocycles. The molecule has 17 heavy (non-hydrogen) atoms. The molecular weight excluding hydrogens is 220 g/mol. The van der Waals surface area contributed by atoms with Crippen molar-refractivity contribution in [3.63, 3.8) is 0 Å². The third kappa shape index (κ3) is 1.43. The highest BCUT2D eigenvalue weighted by Crippen LogP contribution is 2.17. The number of carbonyl (C=O) groups is 1. The summed E-state index contributed by atoms with van der Waals surface area (Å²) in [5.74, 6) is -1.04. The minimum Gasteiger partial charge on any atom is -0.478 e. The minimum absolute atomic E-state index is 0.0966. The predicted octanol–water partition coefficient (Wildman–Crippen LogP) is 0.881. The van der Waals surface area contributed by atoms with E-state index in [4.69, 9.17) is 5.11 Å². The van der Waals surface area contributed by atoms with Gasteiger partial charge in [-0.15, -0.1) is 0 Å². The fraction of sp³-hybridized carbons (Fsp3) is 0.250. The second kappa shape index (κ2) is 3.41. The molecule has 0 spiro atoms. The van der Waals surface area contributed by atoms with Crippen LogP contribution in [0.15, 0.2) is 23.1 Å². The van der Waals surface area contributed by atoms with Crippen LogP contribution in [0.3, 0.4) is 0 Å². The van der Waals surface area contributed by atoms with Crippen LogP contribution in [0.2, 0.25) is 0 Å². The van der Waals surface area contributed by atoms with E-state index in [0.29, 0.717) is 5.65 Å². The lowest BCUT2D eigenvalue weighted by molar-refractivity contribution is 0.0696. The Morgan fingerprint density at radius 3 is 2.94 bits per heavy atom. The number of pyridine rings is 1. The smallest absolute Gasteiger partial charge is 0.337 e. The summed E-state index contributed by atoms with van der Waals surface area (Å²) in [7, 11) is 0. The van der Waals surface area contributed by atoms with Crippen molar-refractivity contribution in [3.05, 3.63) is 45.5 Å². The summed E-state index contributed by atoms with van der Waals surface area (Å²) in [6.45, 7) is 0. The molecule has 2 aromatic heterocycles. The zero-order chi connectivity index (χ0) is 12.0. The van der Waals surface area contributed by atoms with E-state index in [0.717, 1.165) is 30.5 Å². The summed E-state index contributed by atoms with van der Waals surface area (Å²) in [6.07, 6.45) is 3.86. The van der Waals surface area contributed by atoms with Gasteiger partial charge in [-0.1, -0.05) is 0 Å². The van der Waals surface area contributed by atoms with Crippen molar-refractivity contribution < 1.29 is 9.90 Å². The van der Waals surface area contributed by atoms with Crippen LogP contribution in [-0.4, -0.2) is 20.5 Å². The Morgan fingerprint density at radius 1 is 1.35 bits per heavy atom. The van der Waals surface area contributed by atoms with Crippen molar-refractivity contribution >= 4 is 11.6 Å². The molecule has 3 rings (SSSR count). The molecule has 0 aromatic carbocycles. The quantitative estimate of drug-likeness (QED) is 0.789. The molecule has 2 aromatic rings. The van der Waals surface area contributed by atoms with Crippen LogP contribution in [-0.2, 0) is 12.8 Å². The maximum absolute atomic E-state index is 12.1. The van der Waals surface area contributed by atoms with Crippen molar-refractivity contribution in [1.29, 1.82) is 0 Å². The molecule has 2 heterocycles. The number of rotatable bonds is 1. The largest absolute Gasteiger partial charge is 0.478 e. The highest BCUT2D eigenvalue weighted by molar-refractivity contribution is 5.87. The van der Waals surface area contributed by atoms with Crippen LogP contribution in [0, 0.1) is 0 Å². The van der Waals surface area contributed by atoms with Gasteiger partial charge in [0.05, 0.1) is 11.3 Å². The number of hydrogen-bond donors (Lipinski definition) is 1. The van der Waals surface area contributed by atoms with Crippen LogP contribution in [0.25, 0.3) is 5.65 Å². The summed E-state index contributed by atoms with van der Waals surface area (Å²) in [5, 5.41) is 8.89. The van der Waals surface area contributed by atoms with E-state index < -0.39 is 5.97 Å². The normalized spacial score (nSPS) is 13.9. The summed E-state index contributed by atoms with van der Waals surface area (Å²) in [4.78, 5) is 27.4. The lowest BCUT2D eigenvalue weighted by Crippen LogP contribution is -2.20. The Hall–Kier alpha value is -2.17. The van der Waals surface area contributed by atoms with E-state index >= 15 is 0 Å². The Balaban J connectivity index is 2.37. The molecule has 5 heteroatoms. The van der Waals surface area contributed by atoms with Gasteiger partial charge in [0.1, 0.15) is 5.65 Å². The molecule has 5 nitrogen and oxygen atoms in total. The second-order valence-corrected chi connectivity index (χ2v) is 4.15. The average Bonchev–Trinajstić information content (AvgIpc) is 2.77. The third-order valence-electron chi connectivity index (χ3n) is 3.09. The fourth-order valence-electron chi connectivity index (χ4n) is 2.24. The molecule has 0 bridgehead atoms. The van der Waals surface area contributed by atoms with Crippen molar-refractivity contribution in [3.8, 4) is 0 Å². The molecule has 1 aliphatic rings. The molecule has 0 fully saturated rings. The van der Waals surface area contributed by atoms with Crippen LogP contribution >= 0.6 is 0 Å². The first-order chi connectivity index (χ1) is 8.16. The van der Waals surface area contributed by atoms with E-state index in [1.54, 1.807) is 6.07 Å².